The normalized spacial score (nSPS) is 10.8. The number of Topliss-reactive ketones (excluding diaryl/α,β-unsaturated/α-hetero) is 1. The van der Waals surface area contributed by atoms with Gasteiger partial charge in [0.2, 0.25) is 0 Å². The molecule has 0 saturated carbocycles. The minimum Gasteiger partial charge on any atom is -0.326 e. The van der Waals surface area contributed by atoms with Crippen molar-refractivity contribution < 1.29 is 4.79 Å². The molecule has 0 atom stereocenters. The molecule has 20 heavy (non-hydrogen) atoms. The summed E-state index contributed by atoms with van der Waals surface area (Å²) in [4.78, 5) is 12.3. The average Bonchev–Trinajstić information content (AvgIpc) is 2.75. The number of nitrogens with zero attached hydrogens (tertiary/aromatic N) is 2. The number of aromatic nitrogens is 2. The lowest BCUT2D eigenvalue weighted by Crippen LogP contribution is -2.10. The highest BCUT2D eigenvalue weighted by Crippen LogP contribution is 2.22. The molecule has 0 aliphatic heterocycles. The van der Waals surface area contributed by atoms with Gasteiger partial charge >= 0.3 is 0 Å². The Hall–Kier alpha value is -1.65. The Morgan fingerprint density at radius 1 is 1.35 bits per heavy atom. The number of rotatable bonds is 5. The van der Waals surface area contributed by atoms with Crippen LogP contribution in [0.5, 0.6) is 0 Å². The summed E-state index contributed by atoms with van der Waals surface area (Å²) in [7, 11) is 0. The van der Waals surface area contributed by atoms with E-state index in [1.54, 1.807) is 16.8 Å². The molecule has 0 radical (unpaired) electrons. The zero-order valence-corrected chi connectivity index (χ0v) is 12.4. The van der Waals surface area contributed by atoms with E-state index in [0.717, 1.165) is 17.0 Å². The zero-order valence-electron chi connectivity index (χ0n) is 11.7. The summed E-state index contributed by atoms with van der Waals surface area (Å²) in [5.41, 5.74) is 8.76. The molecular weight excluding hydrogens is 274 g/mol. The first-order valence-electron chi connectivity index (χ1n) is 6.60. The fourth-order valence-electron chi connectivity index (χ4n) is 2.12. The molecule has 0 fully saturated rings. The van der Waals surface area contributed by atoms with Gasteiger partial charge in [-0.3, -0.25) is 9.48 Å². The van der Waals surface area contributed by atoms with Gasteiger partial charge in [-0.1, -0.05) is 35.9 Å². The number of benzene rings is 1. The summed E-state index contributed by atoms with van der Waals surface area (Å²) in [5.74, 6) is 0.0325. The molecule has 4 nitrogen and oxygen atoms in total. The molecule has 0 amide bonds. The lowest BCUT2D eigenvalue weighted by atomic mass is 10.0. The smallest absolute Gasteiger partial charge is 0.168 e. The molecule has 0 unspecified atom stereocenters. The molecule has 1 aromatic heterocycles. The highest BCUT2D eigenvalue weighted by atomic mass is 35.5. The standard InChI is InChI=1S/C15H18ClN3O/c1-3-19-13(15(16)10(2)18-19)8-14(20)12-6-4-11(9-17)5-7-12/h4-7H,3,8-9,17H2,1-2H3. The van der Waals surface area contributed by atoms with Gasteiger partial charge in [-0.25, -0.2) is 0 Å². The van der Waals surface area contributed by atoms with Crippen molar-refractivity contribution in [3.63, 3.8) is 0 Å². The van der Waals surface area contributed by atoms with Gasteiger partial charge in [-0.05, 0) is 19.4 Å². The van der Waals surface area contributed by atoms with Gasteiger partial charge in [0.05, 0.1) is 22.8 Å². The van der Waals surface area contributed by atoms with Crippen molar-refractivity contribution in [1.29, 1.82) is 0 Å². The Labute approximate surface area is 123 Å². The second-order valence-corrected chi connectivity index (χ2v) is 5.04. The second kappa shape index (κ2) is 6.20. The van der Waals surface area contributed by atoms with Crippen LogP contribution in [0, 0.1) is 6.92 Å². The largest absolute Gasteiger partial charge is 0.326 e. The van der Waals surface area contributed by atoms with Crippen LogP contribution in [-0.4, -0.2) is 15.6 Å². The fraction of sp³-hybridized carbons (Fsp3) is 0.333. The first kappa shape index (κ1) is 14.8. The van der Waals surface area contributed by atoms with E-state index < -0.39 is 0 Å². The summed E-state index contributed by atoms with van der Waals surface area (Å²) in [6.45, 7) is 5.00. The summed E-state index contributed by atoms with van der Waals surface area (Å²) < 4.78 is 1.78. The van der Waals surface area contributed by atoms with Crippen LogP contribution < -0.4 is 5.73 Å². The van der Waals surface area contributed by atoms with Gasteiger partial charge in [0.1, 0.15) is 0 Å². The van der Waals surface area contributed by atoms with Crippen LogP contribution in [0.25, 0.3) is 0 Å². The lowest BCUT2D eigenvalue weighted by Gasteiger charge is -2.05. The third-order valence-electron chi connectivity index (χ3n) is 3.29. The van der Waals surface area contributed by atoms with Crippen LogP contribution in [0.1, 0.15) is 34.2 Å². The van der Waals surface area contributed by atoms with E-state index in [1.165, 1.54) is 0 Å². The molecule has 2 aromatic rings. The maximum Gasteiger partial charge on any atom is 0.168 e. The number of ketones is 1. The SMILES string of the molecule is CCn1nc(C)c(Cl)c1CC(=O)c1ccc(CN)cc1. The molecule has 2 rings (SSSR count). The van der Waals surface area contributed by atoms with Crippen molar-refractivity contribution >= 4 is 17.4 Å². The van der Waals surface area contributed by atoms with Crippen molar-refractivity contribution in [2.24, 2.45) is 5.73 Å². The van der Waals surface area contributed by atoms with Crippen molar-refractivity contribution in [3.05, 3.63) is 51.8 Å². The first-order valence-corrected chi connectivity index (χ1v) is 6.98. The molecule has 0 spiro atoms. The van der Waals surface area contributed by atoms with Crippen LogP contribution in [0.3, 0.4) is 0 Å². The molecule has 0 saturated heterocycles. The third-order valence-corrected chi connectivity index (χ3v) is 3.78. The van der Waals surface area contributed by atoms with Crippen LogP contribution in [-0.2, 0) is 19.5 Å². The molecule has 1 aromatic carbocycles. The summed E-state index contributed by atoms with van der Waals surface area (Å²) in [6.07, 6.45) is 0.259. The van der Waals surface area contributed by atoms with Gasteiger partial charge < -0.3 is 5.73 Å². The fourth-order valence-corrected chi connectivity index (χ4v) is 2.32. The zero-order chi connectivity index (χ0) is 14.7. The Morgan fingerprint density at radius 3 is 2.55 bits per heavy atom. The Morgan fingerprint density at radius 2 is 2.00 bits per heavy atom. The van der Waals surface area contributed by atoms with Crippen LogP contribution >= 0.6 is 11.6 Å². The van der Waals surface area contributed by atoms with Crippen molar-refractivity contribution in [2.45, 2.75) is 33.4 Å². The molecular formula is C15H18ClN3O. The first-order chi connectivity index (χ1) is 9.56. The highest BCUT2D eigenvalue weighted by molar-refractivity contribution is 6.32. The molecule has 2 N–H and O–H groups in total. The topological polar surface area (TPSA) is 60.9 Å². The Kier molecular flexibility index (Phi) is 4.57. The van der Waals surface area contributed by atoms with Crippen molar-refractivity contribution in [2.75, 3.05) is 0 Å². The van der Waals surface area contributed by atoms with Gasteiger partial charge in [-0.15, -0.1) is 0 Å². The van der Waals surface area contributed by atoms with Gasteiger partial charge in [0.25, 0.3) is 0 Å². The predicted molar refractivity (Wildman–Crippen MR) is 80.0 cm³/mol. The van der Waals surface area contributed by atoms with E-state index in [0.29, 0.717) is 23.7 Å². The van der Waals surface area contributed by atoms with Gasteiger partial charge in [0, 0.05) is 18.7 Å². The number of carbonyl (C=O) groups is 1. The molecule has 1 heterocycles. The van der Waals surface area contributed by atoms with Crippen molar-refractivity contribution in [1.82, 2.24) is 9.78 Å². The maximum absolute atomic E-state index is 12.3. The van der Waals surface area contributed by atoms with E-state index in [4.69, 9.17) is 17.3 Å². The number of hydrogen-bond donors (Lipinski definition) is 1. The number of nitrogens with two attached hydrogens (primary N) is 1. The molecule has 5 heteroatoms. The monoisotopic (exact) mass is 291 g/mol. The number of halogens is 1. The Balaban J connectivity index is 2.22. The van der Waals surface area contributed by atoms with Crippen LogP contribution in [0.15, 0.2) is 24.3 Å². The average molecular weight is 292 g/mol. The van der Waals surface area contributed by atoms with Gasteiger partial charge in [-0.2, -0.15) is 5.10 Å². The van der Waals surface area contributed by atoms with E-state index in [2.05, 4.69) is 5.10 Å². The minimum atomic E-state index is 0.0325. The second-order valence-electron chi connectivity index (χ2n) is 4.66. The molecule has 0 aliphatic rings. The van der Waals surface area contributed by atoms with E-state index >= 15 is 0 Å². The molecule has 0 bridgehead atoms. The van der Waals surface area contributed by atoms with E-state index in [-0.39, 0.29) is 12.2 Å². The van der Waals surface area contributed by atoms with Crippen molar-refractivity contribution in [3.8, 4) is 0 Å². The quantitative estimate of drug-likeness (QED) is 0.862. The van der Waals surface area contributed by atoms with E-state index in [9.17, 15) is 4.79 Å². The number of hydrogen-bond acceptors (Lipinski definition) is 3. The third kappa shape index (κ3) is 2.92. The maximum atomic E-state index is 12.3. The van der Waals surface area contributed by atoms with Gasteiger partial charge in [0.15, 0.2) is 5.78 Å². The van der Waals surface area contributed by atoms with Crippen LogP contribution in [0.2, 0.25) is 5.02 Å². The van der Waals surface area contributed by atoms with E-state index in [1.807, 2.05) is 26.0 Å². The summed E-state index contributed by atoms with van der Waals surface area (Å²) in [6, 6.07) is 7.35. The molecule has 0 aliphatic carbocycles. The Bertz CT molecular complexity index is 617. The molecule has 106 valence electrons. The number of aryl methyl sites for hydroxylation is 2. The number of carbonyl (C=O) groups excluding carboxylic acids is 1. The minimum absolute atomic E-state index is 0.0325. The highest BCUT2D eigenvalue weighted by Gasteiger charge is 2.16. The summed E-state index contributed by atoms with van der Waals surface area (Å²) >= 11 is 6.22. The lowest BCUT2D eigenvalue weighted by molar-refractivity contribution is 0.0990. The van der Waals surface area contributed by atoms with Crippen LogP contribution in [0.4, 0.5) is 0 Å². The summed E-state index contributed by atoms with van der Waals surface area (Å²) in [5, 5.41) is 4.90. The predicted octanol–water partition coefficient (Wildman–Crippen LogP) is 2.75.